The SMILES string of the molecule is Cc1nc(CCCN)n2ccncc12. The molecule has 2 aromatic rings. The molecule has 0 saturated carbocycles. The molecule has 74 valence electrons. The van der Waals surface area contributed by atoms with E-state index in [0.717, 1.165) is 29.9 Å². The number of hydrogen-bond acceptors (Lipinski definition) is 3. The summed E-state index contributed by atoms with van der Waals surface area (Å²) in [4.78, 5) is 8.58. The van der Waals surface area contributed by atoms with Crippen LogP contribution in [-0.4, -0.2) is 20.9 Å². The summed E-state index contributed by atoms with van der Waals surface area (Å²) >= 11 is 0. The highest BCUT2D eigenvalue weighted by atomic mass is 15.0. The number of aromatic nitrogens is 3. The Morgan fingerprint density at radius 3 is 3.14 bits per heavy atom. The van der Waals surface area contributed by atoms with Crippen LogP contribution in [-0.2, 0) is 6.42 Å². The molecule has 0 radical (unpaired) electrons. The minimum absolute atomic E-state index is 0.707. The average molecular weight is 190 g/mol. The van der Waals surface area contributed by atoms with Crippen LogP contribution in [0.5, 0.6) is 0 Å². The van der Waals surface area contributed by atoms with Gasteiger partial charge in [0, 0.05) is 18.8 Å². The van der Waals surface area contributed by atoms with Crippen LogP contribution in [0, 0.1) is 6.92 Å². The van der Waals surface area contributed by atoms with Crippen LogP contribution < -0.4 is 5.73 Å². The number of nitrogens with zero attached hydrogens (tertiary/aromatic N) is 3. The Morgan fingerprint density at radius 2 is 2.36 bits per heavy atom. The van der Waals surface area contributed by atoms with E-state index < -0.39 is 0 Å². The second-order valence-corrected chi connectivity index (χ2v) is 3.34. The first-order valence-corrected chi connectivity index (χ1v) is 4.80. The number of fused-ring (bicyclic) bond motifs is 1. The van der Waals surface area contributed by atoms with Crippen LogP contribution in [0.2, 0.25) is 0 Å². The third-order valence-electron chi connectivity index (χ3n) is 2.31. The lowest BCUT2D eigenvalue weighted by molar-refractivity contribution is 0.775. The van der Waals surface area contributed by atoms with E-state index in [0.29, 0.717) is 6.54 Å². The van der Waals surface area contributed by atoms with Crippen molar-refractivity contribution in [2.24, 2.45) is 5.73 Å². The highest BCUT2D eigenvalue weighted by molar-refractivity contribution is 5.50. The van der Waals surface area contributed by atoms with Gasteiger partial charge in [-0.25, -0.2) is 4.98 Å². The lowest BCUT2D eigenvalue weighted by Crippen LogP contribution is -2.03. The molecule has 2 heterocycles. The molecule has 14 heavy (non-hydrogen) atoms. The fourth-order valence-corrected chi connectivity index (χ4v) is 1.60. The molecule has 2 rings (SSSR count). The molecule has 2 aromatic heterocycles. The van der Waals surface area contributed by atoms with Gasteiger partial charge in [0.05, 0.1) is 17.4 Å². The Morgan fingerprint density at radius 1 is 1.50 bits per heavy atom. The number of aryl methyl sites for hydroxylation is 2. The van der Waals surface area contributed by atoms with E-state index in [4.69, 9.17) is 5.73 Å². The highest BCUT2D eigenvalue weighted by Crippen LogP contribution is 2.11. The Bertz CT molecular complexity index is 433. The zero-order valence-corrected chi connectivity index (χ0v) is 8.27. The molecule has 0 spiro atoms. The van der Waals surface area contributed by atoms with E-state index in [2.05, 4.69) is 14.4 Å². The van der Waals surface area contributed by atoms with Crippen LogP contribution in [0.25, 0.3) is 5.52 Å². The van der Waals surface area contributed by atoms with Crippen molar-refractivity contribution in [1.82, 2.24) is 14.4 Å². The first-order valence-electron chi connectivity index (χ1n) is 4.80. The highest BCUT2D eigenvalue weighted by Gasteiger charge is 2.06. The number of hydrogen-bond donors (Lipinski definition) is 1. The summed E-state index contributed by atoms with van der Waals surface area (Å²) < 4.78 is 2.08. The van der Waals surface area contributed by atoms with Crippen molar-refractivity contribution >= 4 is 5.52 Å². The van der Waals surface area contributed by atoms with Crippen LogP contribution in [0.3, 0.4) is 0 Å². The maximum absolute atomic E-state index is 5.48. The van der Waals surface area contributed by atoms with Gasteiger partial charge in [-0.05, 0) is 19.9 Å². The van der Waals surface area contributed by atoms with Gasteiger partial charge in [0.1, 0.15) is 5.82 Å². The third-order valence-corrected chi connectivity index (χ3v) is 2.31. The van der Waals surface area contributed by atoms with Crippen molar-refractivity contribution in [3.63, 3.8) is 0 Å². The van der Waals surface area contributed by atoms with Crippen LogP contribution in [0.1, 0.15) is 17.9 Å². The molecule has 0 aliphatic carbocycles. The lowest BCUT2D eigenvalue weighted by Gasteiger charge is -1.98. The van der Waals surface area contributed by atoms with Gasteiger partial charge in [-0.15, -0.1) is 0 Å². The zero-order chi connectivity index (χ0) is 9.97. The predicted octanol–water partition coefficient (Wildman–Crippen LogP) is 0.929. The Balaban J connectivity index is 2.44. The second-order valence-electron chi connectivity index (χ2n) is 3.34. The summed E-state index contributed by atoms with van der Waals surface area (Å²) in [5.41, 5.74) is 7.59. The van der Waals surface area contributed by atoms with E-state index >= 15 is 0 Å². The lowest BCUT2D eigenvalue weighted by atomic mass is 10.3. The first kappa shape index (κ1) is 9.15. The number of rotatable bonds is 3. The minimum atomic E-state index is 0.707. The van der Waals surface area contributed by atoms with E-state index in [-0.39, 0.29) is 0 Å². The quantitative estimate of drug-likeness (QED) is 0.783. The van der Waals surface area contributed by atoms with Crippen LogP contribution >= 0.6 is 0 Å². The van der Waals surface area contributed by atoms with Gasteiger partial charge in [-0.1, -0.05) is 0 Å². The molecule has 0 aliphatic rings. The summed E-state index contributed by atoms with van der Waals surface area (Å²) in [5, 5.41) is 0. The predicted molar refractivity (Wildman–Crippen MR) is 55.1 cm³/mol. The summed E-state index contributed by atoms with van der Waals surface area (Å²) in [7, 11) is 0. The van der Waals surface area contributed by atoms with Crippen molar-refractivity contribution < 1.29 is 0 Å². The van der Waals surface area contributed by atoms with Crippen molar-refractivity contribution in [3.05, 3.63) is 30.1 Å². The normalized spacial score (nSPS) is 11.0. The van der Waals surface area contributed by atoms with Crippen LogP contribution in [0.15, 0.2) is 18.6 Å². The monoisotopic (exact) mass is 190 g/mol. The molecule has 0 bridgehead atoms. The Hall–Kier alpha value is -1.42. The summed E-state index contributed by atoms with van der Waals surface area (Å²) in [6.45, 7) is 2.71. The second kappa shape index (κ2) is 3.75. The molecule has 2 N–H and O–H groups in total. The van der Waals surface area contributed by atoms with Crippen molar-refractivity contribution in [2.45, 2.75) is 19.8 Å². The van der Waals surface area contributed by atoms with Gasteiger partial charge in [-0.3, -0.25) is 4.98 Å². The summed E-state index contributed by atoms with van der Waals surface area (Å²) in [5.74, 6) is 1.07. The molecule has 0 saturated heterocycles. The number of nitrogens with two attached hydrogens (primary N) is 1. The summed E-state index contributed by atoms with van der Waals surface area (Å²) in [6.07, 6.45) is 7.46. The fraction of sp³-hybridized carbons (Fsp3) is 0.400. The molecule has 0 aromatic carbocycles. The molecule has 0 atom stereocenters. The van der Waals surface area contributed by atoms with Gasteiger partial charge in [0.2, 0.25) is 0 Å². The summed E-state index contributed by atoms with van der Waals surface area (Å²) in [6, 6.07) is 0. The van der Waals surface area contributed by atoms with E-state index in [1.807, 2.05) is 19.3 Å². The molecular formula is C10H14N4. The van der Waals surface area contributed by atoms with Crippen molar-refractivity contribution in [2.75, 3.05) is 6.54 Å². The maximum atomic E-state index is 5.48. The van der Waals surface area contributed by atoms with Crippen molar-refractivity contribution in [3.8, 4) is 0 Å². The Kier molecular flexibility index (Phi) is 2.45. The fourth-order valence-electron chi connectivity index (χ4n) is 1.60. The standard InChI is InChI=1S/C10H14N4/c1-8-9-7-12-5-6-14(9)10(13-8)3-2-4-11/h5-7H,2-4,11H2,1H3. The van der Waals surface area contributed by atoms with E-state index in [9.17, 15) is 0 Å². The third kappa shape index (κ3) is 1.48. The van der Waals surface area contributed by atoms with Gasteiger partial charge in [0.25, 0.3) is 0 Å². The molecule has 4 heteroatoms. The van der Waals surface area contributed by atoms with Crippen LogP contribution in [0.4, 0.5) is 0 Å². The zero-order valence-electron chi connectivity index (χ0n) is 8.27. The first-order chi connectivity index (χ1) is 6.83. The van der Waals surface area contributed by atoms with Gasteiger partial charge >= 0.3 is 0 Å². The Labute approximate surface area is 82.8 Å². The number of imidazole rings is 1. The molecule has 0 amide bonds. The van der Waals surface area contributed by atoms with Gasteiger partial charge < -0.3 is 10.1 Å². The maximum Gasteiger partial charge on any atom is 0.113 e. The molecular weight excluding hydrogens is 176 g/mol. The molecule has 0 fully saturated rings. The van der Waals surface area contributed by atoms with Crippen molar-refractivity contribution in [1.29, 1.82) is 0 Å². The minimum Gasteiger partial charge on any atom is -0.330 e. The molecule has 0 unspecified atom stereocenters. The molecule has 4 nitrogen and oxygen atoms in total. The topological polar surface area (TPSA) is 56.2 Å². The largest absolute Gasteiger partial charge is 0.330 e. The molecule has 0 aliphatic heterocycles. The van der Waals surface area contributed by atoms with Gasteiger partial charge in [0.15, 0.2) is 0 Å². The smallest absolute Gasteiger partial charge is 0.113 e. The van der Waals surface area contributed by atoms with E-state index in [1.54, 1.807) is 6.20 Å². The average Bonchev–Trinajstić information content (AvgIpc) is 2.54. The van der Waals surface area contributed by atoms with Gasteiger partial charge in [-0.2, -0.15) is 0 Å². The van der Waals surface area contributed by atoms with E-state index in [1.165, 1.54) is 0 Å².